The van der Waals surface area contributed by atoms with E-state index < -0.39 is 5.60 Å². The number of hydrogen-bond donors (Lipinski definition) is 1. The topological polar surface area (TPSA) is 74.9 Å². The number of ether oxygens (including phenoxy) is 2. The number of carbonyl (C=O) groups excluding carboxylic acids is 2. The first-order valence-corrected chi connectivity index (χ1v) is 9.15. The number of esters is 1. The van der Waals surface area contributed by atoms with Crippen molar-refractivity contribution < 1.29 is 19.1 Å². The average Bonchev–Trinajstić information content (AvgIpc) is 3.01. The van der Waals surface area contributed by atoms with Crippen LogP contribution in [0.5, 0.6) is 0 Å². The third-order valence-corrected chi connectivity index (χ3v) is 4.52. The van der Waals surface area contributed by atoms with Gasteiger partial charge in [-0.05, 0) is 44.4 Å². The molecular weight excluding hydrogens is 346 g/mol. The summed E-state index contributed by atoms with van der Waals surface area (Å²) in [6.07, 6.45) is -0.247. The maximum Gasteiger partial charge on any atom is 0.410 e. The van der Waals surface area contributed by atoms with Gasteiger partial charge in [0.05, 0.1) is 12.7 Å². The third-order valence-electron chi connectivity index (χ3n) is 4.52. The van der Waals surface area contributed by atoms with Crippen LogP contribution in [-0.2, 0) is 16.0 Å². The molecule has 1 aromatic carbocycles. The summed E-state index contributed by atoms with van der Waals surface area (Å²) < 4.78 is 10.2. The Morgan fingerprint density at radius 1 is 1.11 bits per heavy atom. The zero-order valence-corrected chi connectivity index (χ0v) is 16.4. The molecule has 2 aromatic rings. The summed E-state index contributed by atoms with van der Waals surface area (Å²) in [7, 11) is 1.38. The van der Waals surface area contributed by atoms with Crippen molar-refractivity contribution in [2.24, 2.45) is 0 Å². The van der Waals surface area contributed by atoms with Crippen LogP contribution in [0.25, 0.3) is 10.9 Å². The molecule has 1 fully saturated rings. The number of hydrogen-bond acceptors (Lipinski definition) is 5. The van der Waals surface area contributed by atoms with Gasteiger partial charge in [-0.15, -0.1) is 0 Å². The van der Waals surface area contributed by atoms with Crippen molar-refractivity contribution in [2.75, 3.05) is 33.3 Å². The number of H-pyrrole nitrogens is 1. The number of carbonyl (C=O) groups is 2. The molecule has 0 radical (unpaired) electrons. The average molecular weight is 373 g/mol. The fourth-order valence-corrected chi connectivity index (χ4v) is 3.17. The Kier molecular flexibility index (Phi) is 5.41. The number of methoxy groups -OCH3 is 1. The first kappa shape index (κ1) is 19.2. The van der Waals surface area contributed by atoms with Gasteiger partial charge in [0, 0.05) is 43.9 Å². The van der Waals surface area contributed by atoms with Crippen molar-refractivity contribution in [3.63, 3.8) is 0 Å². The molecule has 1 aliphatic heterocycles. The molecule has 146 valence electrons. The molecule has 7 heteroatoms. The van der Waals surface area contributed by atoms with Crippen LogP contribution in [0.2, 0.25) is 0 Å². The predicted octanol–water partition coefficient (Wildman–Crippen LogP) is 3.01. The summed E-state index contributed by atoms with van der Waals surface area (Å²) in [5.41, 5.74) is 2.06. The van der Waals surface area contributed by atoms with Crippen LogP contribution in [-0.4, -0.2) is 65.7 Å². The molecular formula is C20H27N3O4. The lowest BCUT2D eigenvalue weighted by molar-refractivity contribution is 0.0138. The summed E-state index contributed by atoms with van der Waals surface area (Å²) in [6, 6.07) is 7.59. The molecule has 1 aromatic heterocycles. The minimum Gasteiger partial charge on any atom is -0.465 e. The van der Waals surface area contributed by atoms with Crippen molar-refractivity contribution in [2.45, 2.75) is 32.9 Å². The standard InChI is InChI=1S/C20H27N3O4/c1-20(2,3)27-19(25)23-9-7-22(8-10-23)13-16-11-14-5-6-15(18(24)26-4)12-17(14)21-16/h5-6,11-12,21H,7-10,13H2,1-4H3. The summed E-state index contributed by atoms with van der Waals surface area (Å²) >= 11 is 0. The largest absolute Gasteiger partial charge is 0.465 e. The fraction of sp³-hybridized carbons (Fsp3) is 0.500. The zero-order chi connectivity index (χ0) is 19.6. The molecule has 0 saturated carbocycles. The van der Waals surface area contributed by atoms with E-state index in [2.05, 4.69) is 16.0 Å². The van der Waals surface area contributed by atoms with Crippen LogP contribution < -0.4 is 0 Å². The van der Waals surface area contributed by atoms with Crippen LogP contribution in [0.1, 0.15) is 36.8 Å². The predicted molar refractivity (Wildman–Crippen MR) is 103 cm³/mol. The van der Waals surface area contributed by atoms with Crippen LogP contribution in [0, 0.1) is 0 Å². The number of benzene rings is 1. The maximum absolute atomic E-state index is 12.1. The fourth-order valence-electron chi connectivity index (χ4n) is 3.17. The lowest BCUT2D eigenvalue weighted by Crippen LogP contribution is -2.49. The van der Waals surface area contributed by atoms with E-state index in [4.69, 9.17) is 9.47 Å². The van der Waals surface area contributed by atoms with Gasteiger partial charge < -0.3 is 19.4 Å². The SMILES string of the molecule is COC(=O)c1ccc2cc(CN3CCN(C(=O)OC(C)(C)C)CC3)[nH]c2c1. The third kappa shape index (κ3) is 4.80. The molecule has 3 rings (SSSR count). The Labute approximate surface area is 159 Å². The smallest absolute Gasteiger partial charge is 0.410 e. The summed E-state index contributed by atoms with van der Waals surface area (Å²) in [4.78, 5) is 31.2. The van der Waals surface area contributed by atoms with Crippen molar-refractivity contribution in [3.05, 3.63) is 35.5 Å². The summed E-state index contributed by atoms with van der Waals surface area (Å²) in [5.74, 6) is -0.341. The second-order valence-electron chi connectivity index (χ2n) is 7.83. The van der Waals surface area contributed by atoms with Crippen molar-refractivity contribution in [1.29, 1.82) is 0 Å². The number of nitrogens with one attached hydrogen (secondary N) is 1. The number of aromatic amines is 1. The molecule has 1 aliphatic rings. The number of amides is 1. The molecule has 0 spiro atoms. The molecule has 1 N–H and O–H groups in total. The Balaban J connectivity index is 1.59. The minimum atomic E-state index is -0.471. The van der Waals surface area contributed by atoms with Gasteiger partial charge in [-0.1, -0.05) is 6.07 Å². The molecule has 0 unspecified atom stereocenters. The highest BCUT2D eigenvalue weighted by Gasteiger charge is 2.26. The van der Waals surface area contributed by atoms with E-state index in [1.807, 2.05) is 32.9 Å². The van der Waals surface area contributed by atoms with Gasteiger partial charge >= 0.3 is 12.1 Å². The molecule has 7 nitrogen and oxygen atoms in total. The monoisotopic (exact) mass is 373 g/mol. The van der Waals surface area contributed by atoms with Gasteiger partial charge in [-0.3, -0.25) is 4.90 Å². The number of fused-ring (bicyclic) bond motifs is 1. The molecule has 1 amide bonds. The number of rotatable bonds is 3. The van der Waals surface area contributed by atoms with Crippen LogP contribution in [0.15, 0.2) is 24.3 Å². The first-order chi connectivity index (χ1) is 12.7. The highest BCUT2D eigenvalue weighted by molar-refractivity contribution is 5.94. The van der Waals surface area contributed by atoms with Crippen LogP contribution >= 0.6 is 0 Å². The van der Waals surface area contributed by atoms with Gasteiger partial charge in [-0.2, -0.15) is 0 Å². The van der Waals surface area contributed by atoms with Gasteiger partial charge in [0.15, 0.2) is 0 Å². The molecule has 0 atom stereocenters. The van der Waals surface area contributed by atoms with Crippen molar-refractivity contribution >= 4 is 23.0 Å². The van der Waals surface area contributed by atoms with Crippen LogP contribution in [0.3, 0.4) is 0 Å². The maximum atomic E-state index is 12.1. The number of piperazine rings is 1. The molecule has 0 aliphatic carbocycles. The lowest BCUT2D eigenvalue weighted by Gasteiger charge is -2.35. The molecule has 0 bridgehead atoms. The van der Waals surface area contributed by atoms with Crippen molar-refractivity contribution in [1.82, 2.24) is 14.8 Å². The van der Waals surface area contributed by atoms with Crippen molar-refractivity contribution in [3.8, 4) is 0 Å². The summed E-state index contributed by atoms with van der Waals surface area (Å²) in [5, 5.41) is 1.06. The zero-order valence-electron chi connectivity index (χ0n) is 16.4. The van der Waals surface area contributed by atoms with Crippen LogP contribution in [0.4, 0.5) is 4.79 Å². The lowest BCUT2D eigenvalue weighted by atomic mass is 10.1. The summed E-state index contributed by atoms with van der Waals surface area (Å²) in [6.45, 7) is 9.30. The van der Waals surface area contributed by atoms with Gasteiger partial charge in [0.2, 0.25) is 0 Å². The van der Waals surface area contributed by atoms with Gasteiger partial charge in [-0.25, -0.2) is 9.59 Å². The minimum absolute atomic E-state index is 0.247. The van der Waals surface area contributed by atoms with E-state index in [9.17, 15) is 9.59 Å². The van der Waals surface area contributed by atoms with E-state index in [1.54, 1.807) is 11.0 Å². The van der Waals surface area contributed by atoms with E-state index in [0.29, 0.717) is 18.7 Å². The Bertz CT molecular complexity index is 829. The highest BCUT2D eigenvalue weighted by atomic mass is 16.6. The normalized spacial score (nSPS) is 15.8. The number of aromatic nitrogens is 1. The van der Waals surface area contributed by atoms with E-state index in [0.717, 1.165) is 36.2 Å². The van der Waals surface area contributed by atoms with E-state index >= 15 is 0 Å². The molecule has 1 saturated heterocycles. The number of nitrogens with zero attached hydrogens (tertiary/aromatic N) is 2. The van der Waals surface area contributed by atoms with Gasteiger partial charge in [0.1, 0.15) is 5.60 Å². The van der Waals surface area contributed by atoms with E-state index in [1.165, 1.54) is 7.11 Å². The van der Waals surface area contributed by atoms with E-state index in [-0.39, 0.29) is 12.1 Å². The second kappa shape index (κ2) is 7.60. The Morgan fingerprint density at radius 3 is 2.44 bits per heavy atom. The first-order valence-electron chi connectivity index (χ1n) is 9.15. The molecule has 2 heterocycles. The van der Waals surface area contributed by atoms with Gasteiger partial charge in [0.25, 0.3) is 0 Å². The molecule has 27 heavy (non-hydrogen) atoms. The quantitative estimate of drug-likeness (QED) is 0.837. The second-order valence-corrected chi connectivity index (χ2v) is 7.83. The highest BCUT2D eigenvalue weighted by Crippen LogP contribution is 2.20. The Hall–Kier alpha value is -2.54. The Morgan fingerprint density at radius 2 is 1.81 bits per heavy atom.